The largest absolute Gasteiger partial charge is 0.478 e. The van der Waals surface area contributed by atoms with E-state index in [9.17, 15) is 9.59 Å². The number of ether oxygens (including phenoxy) is 1. The molecule has 0 radical (unpaired) electrons. The Kier molecular flexibility index (Phi) is 6.06. The summed E-state index contributed by atoms with van der Waals surface area (Å²) in [4.78, 5) is 23.0. The van der Waals surface area contributed by atoms with Gasteiger partial charge in [-0.05, 0) is 25.0 Å². The molecule has 0 spiro atoms. The fraction of sp³-hybridized carbons (Fsp3) is 0.467. The number of hydrogen-bond donors (Lipinski definition) is 1. The fourth-order valence-electron chi connectivity index (χ4n) is 1.86. The first-order valence-electron chi connectivity index (χ1n) is 6.64. The number of aromatic carboxylic acids is 1. The van der Waals surface area contributed by atoms with Gasteiger partial charge in [-0.25, -0.2) is 4.79 Å². The minimum Gasteiger partial charge on any atom is -0.478 e. The average Bonchev–Trinajstić information content (AvgIpc) is 2.40. The molecule has 104 valence electrons. The van der Waals surface area contributed by atoms with E-state index in [4.69, 9.17) is 9.84 Å². The number of benzene rings is 1. The topological polar surface area (TPSA) is 63.6 Å². The number of carboxylic acid groups (broad SMARTS) is 1. The zero-order valence-electron chi connectivity index (χ0n) is 11.4. The molecule has 1 rings (SSSR count). The molecule has 1 atom stereocenters. The van der Waals surface area contributed by atoms with Crippen LogP contribution in [0.1, 0.15) is 49.9 Å². The first-order chi connectivity index (χ1) is 9.10. The van der Waals surface area contributed by atoms with Crippen LogP contribution in [0.15, 0.2) is 24.3 Å². The second-order valence-corrected chi connectivity index (χ2v) is 4.47. The molecule has 0 bridgehead atoms. The second-order valence-electron chi connectivity index (χ2n) is 4.47. The molecular formula is C15H20O4. The quantitative estimate of drug-likeness (QED) is 0.604. The molecule has 0 aliphatic carbocycles. The summed E-state index contributed by atoms with van der Waals surface area (Å²) < 4.78 is 5.24. The Bertz CT molecular complexity index is 440. The molecule has 19 heavy (non-hydrogen) atoms. The third-order valence-corrected chi connectivity index (χ3v) is 3.06. The molecule has 0 fully saturated rings. The number of carboxylic acids is 1. The first kappa shape index (κ1) is 15.2. The van der Waals surface area contributed by atoms with Crippen LogP contribution in [0.4, 0.5) is 0 Å². The van der Waals surface area contributed by atoms with Crippen LogP contribution in [-0.2, 0) is 4.79 Å². The summed E-state index contributed by atoms with van der Waals surface area (Å²) in [5.74, 6) is -1.48. The van der Waals surface area contributed by atoms with Crippen LogP contribution in [0.5, 0.6) is 5.75 Å². The van der Waals surface area contributed by atoms with Crippen LogP contribution >= 0.6 is 0 Å². The maximum atomic E-state index is 12.0. The molecule has 4 nitrogen and oxygen atoms in total. The maximum absolute atomic E-state index is 12.0. The molecule has 4 heteroatoms. The van der Waals surface area contributed by atoms with Crippen molar-refractivity contribution in [3.8, 4) is 5.75 Å². The smallest absolute Gasteiger partial charge is 0.339 e. The van der Waals surface area contributed by atoms with E-state index in [1.54, 1.807) is 12.1 Å². The number of para-hydroxylation sites is 1. The summed E-state index contributed by atoms with van der Waals surface area (Å²) in [6.45, 7) is 4.00. The molecule has 1 aromatic carbocycles. The van der Waals surface area contributed by atoms with E-state index in [1.807, 2.05) is 6.92 Å². The van der Waals surface area contributed by atoms with Gasteiger partial charge >= 0.3 is 11.9 Å². The highest BCUT2D eigenvalue weighted by Gasteiger charge is 2.20. The lowest BCUT2D eigenvalue weighted by atomic mass is 10.00. The Balaban J connectivity index is 2.78. The van der Waals surface area contributed by atoms with Gasteiger partial charge in [-0.2, -0.15) is 0 Å². The van der Waals surface area contributed by atoms with Gasteiger partial charge in [0, 0.05) is 0 Å². The number of carbonyl (C=O) groups is 2. The number of esters is 1. The van der Waals surface area contributed by atoms with Crippen LogP contribution in [0.25, 0.3) is 0 Å². The lowest BCUT2D eigenvalue weighted by Gasteiger charge is -2.14. The van der Waals surface area contributed by atoms with E-state index in [2.05, 4.69) is 6.92 Å². The average molecular weight is 264 g/mol. The lowest BCUT2D eigenvalue weighted by molar-refractivity contribution is -0.139. The van der Waals surface area contributed by atoms with E-state index in [0.717, 1.165) is 19.3 Å². The maximum Gasteiger partial charge on any atom is 0.339 e. The normalized spacial score (nSPS) is 11.9. The third-order valence-electron chi connectivity index (χ3n) is 3.06. The minimum absolute atomic E-state index is 0.0150. The molecule has 0 saturated carbocycles. The molecule has 0 saturated heterocycles. The highest BCUT2D eigenvalue weighted by molar-refractivity contribution is 5.92. The third kappa shape index (κ3) is 4.39. The van der Waals surface area contributed by atoms with Crippen molar-refractivity contribution in [2.45, 2.75) is 39.5 Å². The van der Waals surface area contributed by atoms with Crippen molar-refractivity contribution in [1.29, 1.82) is 0 Å². The SMILES string of the molecule is CCCCC(CC)C(=O)Oc1ccccc1C(=O)O. The number of carbonyl (C=O) groups excluding carboxylic acids is 1. The van der Waals surface area contributed by atoms with Gasteiger partial charge in [-0.15, -0.1) is 0 Å². The Morgan fingerprint density at radius 1 is 1.26 bits per heavy atom. The Labute approximate surface area is 113 Å². The van der Waals surface area contributed by atoms with Crippen molar-refractivity contribution in [2.24, 2.45) is 5.92 Å². The highest BCUT2D eigenvalue weighted by Crippen LogP contribution is 2.21. The zero-order valence-corrected chi connectivity index (χ0v) is 11.4. The van der Waals surface area contributed by atoms with Crippen LogP contribution in [0.3, 0.4) is 0 Å². The van der Waals surface area contributed by atoms with Gasteiger partial charge in [0.25, 0.3) is 0 Å². The lowest BCUT2D eigenvalue weighted by Crippen LogP contribution is -2.21. The standard InChI is InChI=1S/C15H20O4/c1-3-5-8-11(4-2)15(18)19-13-10-7-6-9-12(13)14(16)17/h6-7,9-11H,3-5,8H2,1-2H3,(H,16,17). The molecule has 0 aliphatic heterocycles. The van der Waals surface area contributed by atoms with E-state index in [-0.39, 0.29) is 23.2 Å². The van der Waals surface area contributed by atoms with Gasteiger partial charge in [-0.3, -0.25) is 4.79 Å². The van der Waals surface area contributed by atoms with E-state index in [0.29, 0.717) is 6.42 Å². The van der Waals surface area contributed by atoms with Crippen molar-refractivity contribution in [1.82, 2.24) is 0 Å². The number of unbranched alkanes of at least 4 members (excludes halogenated alkanes) is 1. The van der Waals surface area contributed by atoms with Gasteiger partial charge in [-0.1, -0.05) is 38.8 Å². The van der Waals surface area contributed by atoms with Crippen molar-refractivity contribution >= 4 is 11.9 Å². The predicted molar refractivity (Wildman–Crippen MR) is 72.3 cm³/mol. The van der Waals surface area contributed by atoms with Gasteiger partial charge in [0.05, 0.1) is 5.92 Å². The Morgan fingerprint density at radius 3 is 2.53 bits per heavy atom. The van der Waals surface area contributed by atoms with Crippen LogP contribution in [-0.4, -0.2) is 17.0 Å². The summed E-state index contributed by atoms with van der Waals surface area (Å²) >= 11 is 0. The summed E-state index contributed by atoms with van der Waals surface area (Å²) in [6, 6.07) is 6.20. The Morgan fingerprint density at radius 2 is 1.95 bits per heavy atom. The summed E-state index contributed by atoms with van der Waals surface area (Å²) in [5, 5.41) is 9.02. The molecule has 1 unspecified atom stereocenters. The minimum atomic E-state index is -1.09. The summed E-state index contributed by atoms with van der Waals surface area (Å²) in [7, 11) is 0. The van der Waals surface area contributed by atoms with Gasteiger partial charge < -0.3 is 9.84 Å². The summed E-state index contributed by atoms with van der Waals surface area (Å²) in [6.07, 6.45) is 3.47. The zero-order chi connectivity index (χ0) is 14.3. The van der Waals surface area contributed by atoms with Gasteiger partial charge in [0.15, 0.2) is 0 Å². The highest BCUT2D eigenvalue weighted by atomic mass is 16.5. The van der Waals surface area contributed by atoms with E-state index < -0.39 is 5.97 Å². The molecular weight excluding hydrogens is 244 g/mol. The molecule has 0 amide bonds. The molecule has 1 aromatic rings. The number of hydrogen-bond acceptors (Lipinski definition) is 3. The van der Waals surface area contributed by atoms with E-state index >= 15 is 0 Å². The van der Waals surface area contributed by atoms with Crippen molar-refractivity contribution < 1.29 is 19.4 Å². The molecule has 0 aromatic heterocycles. The van der Waals surface area contributed by atoms with Crippen LogP contribution in [0.2, 0.25) is 0 Å². The Hall–Kier alpha value is -1.84. The number of rotatable bonds is 7. The first-order valence-corrected chi connectivity index (χ1v) is 6.64. The van der Waals surface area contributed by atoms with Gasteiger partial charge in [0.1, 0.15) is 11.3 Å². The monoisotopic (exact) mass is 264 g/mol. The van der Waals surface area contributed by atoms with Crippen molar-refractivity contribution in [3.05, 3.63) is 29.8 Å². The second kappa shape index (κ2) is 7.56. The molecule has 1 N–H and O–H groups in total. The van der Waals surface area contributed by atoms with Crippen molar-refractivity contribution in [2.75, 3.05) is 0 Å². The predicted octanol–water partition coefficient (Wildman–Crippen LogP) is 3.51. The van der Waals surface area contributed by atoms with E-state index in [1.165, 1.54) is 12.1 Å². The van der Waals surface area contributed by atoms with Gasteiger partial charge in [0.2, 0.25) is 0 Å². The van der Waals surface area contributed by atoms with Crippen molar-refractivity contribution in [3.63, 3.8) is 0 Å². The summed E-state index contributed by atoms with van der Waals surface area (Å²) in [5.41, 5.74) is 0.0150. The molecule has 0 heterocycles. The van der Waals surface area contributed by atoms with Crippen LogP contribution < -0.4 is 4.74 Å². The molecule has 0 aliphatic rings. The fourth-order valence-corrected chi connectivity index (χ4v) is 1.86. The van der Waals surface area contributed by atoms with Crippen LogP contribution in [0, 0.1) is 5.92 Å².